The maximum atomic E-state index is 11.2. The van der Waals surface area contributed by atoms with Crippen molar-refractivity contribution < 1.29 is 4.79 Å². The lowest BCUT2D eigenvalue weighted by atomic mass is 10.2. The van der Waals surface area contributed by atoms with Gasteiger partial charge in [0.1, 0.15) is 0 Å². The standard InChI is InChI=1S/C11H12BrNO/c1-3-4-11(14)13-9-5-6-10(12)8(2)7-9/h3,5-7H,1,4H2,2H3,(H,13,14). The van der Waals surface area contributed by atoms with Crippen molar-refractivity contribution in [3.63, 3.8) is 0 Å². The molecule has 0 aliphatic rings. The Kier molecular flexibility index (Phi) is 3.89. The third-order valence-corrected chi connectivity index (χ3v) is 2.66. The predicted molar refractivity (Wildman–Crippen MR) is 62.3 cm³/mol. The van der Waals surface area contributed by atoms with Crippen LogP contribution < -0.4 is 5.32 Å². The van der Waals surface area contributed by atoms with E-state index in [1.54, 1.807) is 6.08 Å². The van der Waals surface area contributed by atoms with Crippen molar-refractivity contribution in [2.45, 2.75) is 13.3 Å². The highest BCUT2D eigenvalue weighted by molar-refractivity contribution is 9.10. The zero-order valence-corrected chi connectivity index (χ0v) is 9.60. The van der Waals surface area contributed by atoms with Crippen molar-refractivity contribution in [3.05, 3.63) is 40.9 Å². The number of amides is 1. The van der Waals surface area contributed by atoms with E-state index in [2.05, 4.69) is 27.8 Å². The van der Waals surface area contributed by atoms with Crippen LogP contribution in [0.2, 0.25) is 0 Å². The fourth-order valence-electron chi connectivity index (χ4n) is 1.07. The van der Waals surface area contributed by atoms with Crippen LogP contribution in [-0.4, -0.2) is 5.91 Å². The molecule has 0 aliphatic heterocycles. The van der Waals surface area contributed by atoms with Crippen molar-refractivity contribution in [3.8, 4) is 0 Å². The van der Waals surface area contributed by atoms with Crippen molar-refractivity contribution in [2.24, 2.45) is 0 Å². The third kappa shape index (κ3) is 3.00. The molecular formula is C11H12BrNO. The Bertz CT molecular complexity index is 360. The Labute approximate surface area is 92.1 Å². The Morgan fingerprint density at radius 1 is 1.64 bits per heavy atom. The first kappa shape index (κ1) is 11.0. The highest BCUT2D eigenvalue weighted by atomic mass is 79.9. The Morgan fingerprint density at radius 2 is 2.36 bits per heavy atom. The number of halogens is 1. The highest BCUT2D eigenvalue weighted by Gasteiger charge is 2.00. The molecule has 1 amide bonds. The molecule has 0 unspecified atom stereocenters. The minimum atomic E-state index is -0.0401. The second-order valence-corrected chi connectivity index (χ2v) is 3.86. The van der Waals surface area contributed by atoms with Crippen LogP contribution in [0.15, 0.2) is 35.3 Å². The lowest BCUT2D eigenvalue weighted by Crippen LogP contribution is -2.09. The van der Waals surface area contributed by atoms with E-state index >= 15 is 0 Å². The molecule has 0 saturated carbocycles. The van der Waals surface area contributed by atoms with Gasteiger partial charge < -0.3 is 5.32 Å². The van der Waals surface area contributed by atoms with Gasteiger partial charge in [0.05, 0.1) is 0 Å². The van der Waals surface area contributed by atoms with Gasteiger partial charge in [-0.2, -0.15) is 0 Å². The van der Waals surface area contributed by atoms with Gasteiger partial charge in [0.2, 0.25) is 5.91 Å². The van der Waals surface area contributed by atoms with E-state index in [1.165, 1.54) is 0 Å². The third-order valence-electron chi connectivity index (χ3n) is 1.77. The summed E-state index contributed by atoms with van der Waals surface area (Å²) in [5.41, 5.74) is 1.92. The summed E-state index contributed by atoms with van der Waals surface area (Å²) in [6.07, 6.45) is 1.93. The fraction of sp³-hybridized carbons (Fsp3) is 0.182. The second kappa shape index (κ2) is 4.96. The molecule has 0 aliphatic carbocycles. The van der Waals surface area contributed by atoms with Gasteiger partial charge in [-0.3, -0.25) is 4.79 Å². The van der Waals surface area contributed by atoms with Crippen LogP contribution in [-0.2, 0) is 4.79 Å². The summed E-state index contributed by atoms with van der Waals surface area (Å²) in [7, 11) is 0. The molecule has 74 valence electrons. The monoisotopic (exact) mass is 253 g/mol. The zero-order valence-electron chi connectivity index (χ0n) is 8.01. The summed E-state index contributed by atoms with van der Waals surface area (Å²) < 4.78 is 1.04. The number of benzene rings is 1. The molecule has 0 bridgehead atoms. The SMILES string of the molecule is C=CCC(=O)Nc1ccc(Br)c(C)c1. The van der Waals surface area contributed by atoms with Gasteiger partial charge in [0.25, 0.3) is 0 Å². The minimum Gasteiger partial charge on any atom is -0.326 e. The molecule has 2 nitrogen and oxygen atoms in total. The van der Waals surface area contributed by atoms with E-state index < -0.39 is 0 Å². The van der Waals surface area contributed by atoms with Gasteiger partial charge in [0, 0.05) is 16.6 Å². The van der Waals surface area contributed by atoms with Gasteiger partial charge in [-0.15, -0.1) is 6.58 Å². The summed E-state index contributed by atoms with van der Waals surface area (Å²) in [5.74, 6) is -0.0401. The van der Waals surface area contributed by atoms with Gasteiger partial charge in [-0.1, -0.05) is 22.0 Å². The van der Waals surface area contributed by atoms with Crippen molar-refractivity contribution in [2.75, 3.05) is 5.32 Å². The van der Waals surface area contributed by atoms with Crippen LogP contribution in [0.3, 0.4) is 0 Å². The fourth-order valence-corrected chi connectivity index (χ4v) is 1.31. The molecule has 0 heterocycles. The second-order valence-electron chi connectivity index (χ2n) is 3.00. The topological polar surface area (TPSA) is 29.1 Å². The Hall–Kier alpha value is -1.09. The summed E-state index contributed by atoms with van der Waals surface area (Å²) in [5, 5.41) is 2.78. The molecule has 0 radical (unpaired) electrons. The van der Waals surface area contributed by atoms with Gasteiger partial charge in [-0.25, -0.2) is 0 Å². The van der Waals surface area contributed by atoms with E-state index in [-0.39, 0.29) is 5.91 Å². The van der Waals surface area contributed by atoms with E-state index in [4.69, 9.17) is 0 Å². The van der Waals surface area contributed by atoms with E-state index in [0.29, 0.717) is 6.42 Å². The van der Waals surface area contributed by atoms with Crippen LogP contribution in [0.1, 0.15) is 12.0 Å². The number of aryl methyl sites for hydroxylation is 1. The summed E-state index contributed by atoms with van der Waals surface area (Å²) in [4.78, 5) is 11.2. The number of carbonyl (C=O) groups is 1. The molecule has 0 fully saturated rings. The maximum Gasteiger partial charge on any atom is 0.228 e. The largest absolute Gasteiger partial charge is 0.326 e. The maximum absolute atomic E-state index is 11.2. The smallest absolute Gasteiger partial charge is 0.228 e. The molecule has 1 aromatic carbocycles. The molecule has 1 aromatic rings. The molecule has 0 spiro atoms. The first-order chi connectivity index (χ1) is 6.63. The normalized spacial score (nSPS) is 9.57. The van der Waals surface area contributed by atoms with Crippen molar-refractivity contribution in [1.82, 2.24) is 0 Å². The highest BCUT2D eigenvalue weighted by Crippen LogP contribution is 2.19. The van der Waals surface area contributed by atoms with Gasteiger partial charge in [0.15, 0.2) is 0 Å². The van der Waals surface area contributed by atoms with Crippen molar-refractivity contribution in [1.29, 1.82) is 0 Å². The minimum absolute atomic E-state index is 0.0401. The number of rotatable bonds is 3. The Morgan fingerprint density at radius 3 is 2.93 bits per heavy atom. The van der Waals surface area contributed by atoms with E-state index in [1.807, 2.05) is 25.1 Å². The molecule has 0 saturated heterocycles. The molecule has 1 N–H and O–H groups in total. The van der Waals surface area contributed by atoms with Crippen LogP contribution in [0.4, 0.5) is 5.69 Å². The first-order valence-electron chi connectivity index (χ1n) is 4.30. The Balaban J connectivity index is 2.72. The van der Waals surface area contributed by atoms with Crippen LogP contribution >= 0.6 is 15.9 Å². The molecular weight excluding hydrogens is 242 g/mol. The number of hydrogen-bond donors (Lipinski definition) is 1. The number of carbonyl (C=O) groups excluding carboxylic acids is 1. The molecule has 1 rings (SSSR count). The lowest BCUT2D eigenvalue weighted by molar-refractivity contribution is -0.115. The number of anilines is 1. The average Bonchev–Trinajstić information content (AvgIpc) is 2.12. The summed E-state index contributed by atoms with van der Waals surface area (Å²) in [6.45, 7) is 5.49. The molecule has 0 atom stereocenters. The predicted octanol–water partition coefficient (Wildman–Crippen LogP) is 3.27. The van der Waals surface area contributed by atoms with Crippen LogP contribution in [0.25, 0.3) is 0 Å². The van der Waals surface area contributed by atoms with E-state index in [0.717, 1.165) is 15.7 Å². The van der Waals surface area contributed by atoms with Crippen molar-refractivity contribution >= 4 is 27.5 Å². The van der Waals surface area contributed by atoms with E-state index in [9.17, 15) is 4.79 Å². The quantitative estimate of drug-likeness (QED) is 0.824. The first-order valence-corrected chi connectivity index (χ1v) is 5.09. The average molecular weight is 254 g/mol. The summed E-state index contributed by atoms with van der Waals surface area (Å²) >= 11 is 3.40. The molecule has 0 aromatic heterocycles. The molecule has 3 heteroatoms. The number of hydrogen-bond acceptors (Lipinski definition) is 1. The summed E-state index contributed by atoms with van der Waals surface area (Å²) in [6, 6.07) is 5.70. The number of nitrogens with one attached hydrogen (secondary N) is 1. The van der Waals surface area contributed by atoms with Gasteiger partial charge in [-0.05, 0) is 30.7 Å². The zero-order chi connectivity index (χ0) is 10.6. The van der Waals surface area contributed by atoms with Crippen LogP contribution in [0, 0.1) is 6.92 Å². The van der Waals surface area contributed by atoms with Crippen LogP contribution in [0.5, 0.6) is 0 Å². The van der Waals surface area contributed by atoms with Gasteiger partial charge >= 0.3 is 0 Å². The lowest BCUT2D eigenvalue weighted by Gasteiger charge is -2.05. The molecule has 14 heavy (non-hydrogen) atoms.